The predicted octanol–water partition coefficient (Wildman–Crippen LogP) is 1.44. The molecule has 0 saturated carbocycles. The van der Waals surface area contributed by atoms with E-state index in [1.54, 1.807) is 12.1 Å². The second-order valence-electron chi connectivity index (χ2n) is 5.71. The Morgan fingerprint density at radius 1 is 1.38 bits per heavy atom. The molecule has 1 saturated heterocycles. The molecule has 5 nitrogen and oxygen atoms in total. The first kappa shape index (κ1) is 15.8. The molecular formula is C16H25N3O2. The van der Waals surface area contributed by atoms with E-state index in [1.807, 2.05) is 19.1 Å². The summed E-state index contributed by atoms with van der Waals surface area (Å²) < 4.78 is 5.72. The van der Waals surface area contributed by atoms with Crippen LogP contribution in [0.2, 0.25) is 0 Å². The molecule has 0 spiro atoms. The molecule has 5 heteroatoms. The van der Waals surface area contributed by atoms with Gasteiger partial charge in [0.25, 0.3) is 0 Å². The third kappa shape index (κ3) is 4.72. The van der Waals surface area contributed by atoms with E-state index in [4.69, 9.17) is 15.9 Å². The maximum Gasteiger partial charge on any atom is 0.122 e. The molecule has 1 unspecified atom stereocenters. The van der Waals surface area contributed by atoms with Crippen molar-refractivity contribution in [3.05, 3.63) is 29.8 Å². The van der Waals surface area contributed by atoms with Crippen LogP contribution in [0.4, 0.5) is 0 Å². The van der Waals surface area contributed by atoms with Gasteiger partial charge in [-0.1, -0.05) is 0 Å². The fourth-order valence-corrected chi connectivity index (χ4v) is 2.68. The SMILES string of the molecule is CC(O)C1CCN(CCOc2ccc(C(=N)N)cc2)CC1. The molecule has 0 amide bonds. The normalized spacial score (nSPS) is 18.4. The second-order valence-corrected chi connectivity index (χ2v) is 5.71. The lowest BCUT2D eigenvalue weighted by molar-refractivity contribution is 0.0672. The molecule has 4 N–H and O–H groups in total. The van der Waals surface area contributed by atoms with Crippen LogP contribution in [0, 0.1) is 11.3 Å². The van der Waals surface area contributed by atoms with Crippen LogP contribution in [0.1, 0.15) is 25.3 Å². The lowest BCUT2D eigenvalue weighted by Gasteiger charge is -2.33. The van der Waals surface area contributed by atoms with Crippen LogP contribution in [-0.4, -0.2) is 48.2 Å². The van der Waals surface area contributed by atoms with E-state index in [0.29, 0.717) is 18.1 Å². The number of hydrogen-bond donors (Lipinski definition) is 3. The minimum atomic E-state index is -0.191. The van der Waals surface area contributed by atoms with Crippen molar-refractivity contribution >= 4 is 5.84 Å². The molecule has 0 bridgehead atoms. The van der Waals surface area contributed by atoms with Crippen LogP contribution in [0.5, 0.6) is 5.75 Å². The summed E-state index contributed by atoms with van der Waals surface area (Å²) in [5.74, 6) is 1.32. The number of ether oxygens (including phenoxy) is 1. The first-order chi connectivity index (χ1) is 10.1. The fraction of sp³-hybridized carbons (Fsp3) is 0.562. The monoisotopic (exact) mass is 291 g/mol. The van der Waals surface area contributed by atoms with E-state index in [-0.39, 0.29) is 11.9 Å². The van der Waals surface area contributed by atoms with E-state index in [1.165, 1.54) is 0 Å². The highest BCUT2D eigenvalue weighted by Gasteiger charge is 2.22. The maximum atomic E-state index is 9.58. The van der Waals surface area contributed by atoms with Crippen molar-refractivity contribution in [1.82, 2.24) is 4.90 Å². The average molecular weight is 291 g/mol. The number of nitrogen functional groups attached to an aromatic ring is 1. The molecule has 0 radical (unpaired) electrons. The molecule has 0 aromatic heterocycles. The Bertz CT molecular complexity index is 451. The Labute approximate surface area is 126 Å². The third-order valence-corrected chi connectivity index (χ3v) is 4.16. The second kappa shape index (κ2) is 7.43. The summed E-state index contributed by atoms with van der Waals surface area (Å²) in [4.78, 5) is 2.38. The van der Waals surface area contributed by atoms with Gasteiger partial charge in [-0.15, -0.1) is 0 Å². The Morgan fingerprint density at radius 2 is 2.00 bits per heavy atom. The summed E-state index contributed by atoms with van der Waals surface area (Å²) in [6.07, 6.45) is 1.93. The van der Waals surface area contributed by atoms with Crippen molar-refractivity contribution < 1.29 is 9.84 Å². The van der Waals surface area contributed by atoms with Crippen LogP contribution in [0.25, 0.3) is 0 Å². The van der Waals surface area contributed by atoms with Crippen LogP contribution in [-0.2, 0) is 0 Å². The number of piperidine rings is 1. The minimum Gasteiger partial charge on any atom is -0.492 e. The number of aliphatic hydroxyl groups is 1. The van der Waals surface area contributed by atoms with Crippen molar-refractivity contribution in [2.45, 2.75) is 25.9 Å². The van der Waals surface area contributed by atoms with Gasteiger partial charge in [0, 0.05) is 12.1 Å². The number of aliphatic hydroxyl groups excluding tert-OH is 1. The highest BCUT2D eigenvalue weighted by Crippen LogP contribution is 2.20. The molecule has 1 aliphatic rings. The zero-order valence-corrected chi connectivity index (χ0v) is 12.6. The van der Waals surface area contributed by atoms with Crippen molar-refractivity contribution in [1.29, 1.82) is 5.41 Å². The summed E-state index contributed by atoms with van der Waals surface area (Å²) in [6.45, 7) is 5.50. The van der Waals surface area contributed by atoms with Crippen molar-refractivity contribution in [3.63, 3.8) is 0 Å². The van der Waals surface area contributed by atoms with Gasteiger partial charge in [0.15, 0.2) is 0 Å². The molecule has 1 fully saturated rings. The minimum absolute atomic E-state index is 0.0718. The average Bonchev–Trinajstić information content (AvgIpc) is 2.48. The molecule has 0 aliphatic carbocycles. The van der Waals surface area contributed by atoms with Crippen LogP contribution >= 0.6 is 0 Å². The van der Waals surface area contributed by atoms with Gasteiger partial charge in [0.2, 0.25) is 0 Å². The van der Waals surface area contributed by atoms with Gasteiger partial charge in [0.1, 0.15) is 18.2 Å². The number of rotatable bonds is 6. The summed E-state index contributed by atoms with van der Waals surface area (Å²) in [6, 6.07) is 7.28. The molecule has 1 aromatic rings. The van der Waals surface area contributed by atoms with Gasteiger partial charge in [-0.3, -0.25) is 10.3 Å². The summed E-state index contributed by atoms with van der Waals surface area (Å²) in [5.41, 5.74) is 6.12. The van der Waals surface area contributed by atoms with Gasteiger partial charge in [-0.25, -0.2) is 0 Å². The van der Waals surface area contributed by atoms with E-state index < -0.39 is 0 Å². The number of hydrogen-bond acceptors (Lipinski definition) is 4. The van der Waals surface area contributed by atoms with E-state index in [0.717, 1.165) is 38.2 Å². The lowest BCUT2D eigenvalue weighted by atomic mass is 9.92. The molecule has 1 heterocycles. The zero-order chi connectivity index (χ0) is 15.2. The first-order valence-corrected chi connectivity index (χ1v) is 7.54. The van der Waals surface area contributed by atoms with Gasteiger partial charge in [0.05, 0.1) is 6.10 Å². The van der Waals surface area contributed by atoms with E-state index >= 15 is 0 Å². The molecule has 21 heavy (non-hydrogen) atoms. The molecule has 1 atom stereocenters. The Hall–Kier alpha value is -1.59. The first-order valence-electron chi connectivity index (χ1n) is 7.54. The number of nitrogens with zero attached hydrogens (tertiary/aromatic N) is 1. The van der Waals surface area contributed by atoms with Gasteiger partial charge >= 0.3 is 0 Å². The molecule has 1 aliphatic heterocycles. The largest absolute Gasteiger partial charge is 0.492 e. The third-order valence-electron chi connectivity index (χ3n) is 4.16. The highest BCUT2D eigenvalue weighted by molar-refractivity contribution is 5.94. The van der Waals surface area contributed by atoms with Crippen LogP contribution in [0.3, 0.4) is 0 Å². The standard InChI is InChI=1S/C16H25N3O2/c1-12(20)13-6-8-19(9-7-13)10-11-21-15-4-2-14(3-5-15)16(17)18/h2-5,12-13,20H,6-11H2,1H3,(H3,17,18). The Balaban J connectivity index is 1.69. The quantitative estimate of drug-likeness (QED) is 0.547. The van der Waals surface area contributed by atoms with E-state index in [9.17, 15) is 5.11 Å². The maximum absolute atomic E-state index is 9.58. The zero-order valence-electron chi connectivity index (χ0n) is 12.6. The molecule has 2 rings (SSSR count). The van der Waals surface area contributed by atoms with Crippen LogP contribution in [0.15, 0.2) is 24.3 Å². The summed E-state index contributed by atoms with van der Waals surface area (Å²) in [5, 5.41) is 16.9. The number of amidine groups is 1. The van der Waals surface area contributed by atoms with E-state index in [2.05, 4.69) is 4.90 Å². The molecular weight excluding hydrogens is 266 g/mol. The van der Waals surface area contributed by atoms with Crippen molar-refractivity contribution in [2.24, 2.45) is 11.7 Å². The Kier molecular flexibility index (Phi) is 5.59. The highest BCUT2D eigenvalue weighted by atomic mass is 16.5. The number of benzene rings is 1. The summed E-state index contributed by atoms with van der Waals surface area (Å²) in [7, 11) is 0. The van der Waals surface area contributed by atoms with Gasteiger partial charge < -0.3 is 15.6 Å². The number of likely N-dealkylation sites (tertiary alicyclic amines) is 1. The van der Waals surface area contributed by atoms with Gasteiger partial charge in [-0.05, 0) is 63.0 Å². The lowest BCUT2D eigenvalue weighted by Crippen LogP contribution is -2.39. The van der Waals surface area contributed by atoms with Gasteiger partial charge in [-0.2, -0.15) is 0 Å². The smallest absolute Gasteiger partial charge is 0.122 e. The topological polar surface area (TPSA) is 82.6 Å². The number of nitrogens with two attached hydrogens (primary N) is 1. The Morgan fingerprint density at radius 3 is 2.52 bits per heavy atom. The molecule has 116 valence electrons. The van der Waals surface area contributed by atoms with Crippen LogP contribution < -0.4 is 10.5 Å². The predicted molar refractivity (Wildman–Crippen MR) is 83.8 cm³/mol. The fourth-order valence-electron chi connectivity index (χ4n) is 2.68. The number of nitrogens with one attached hydrogen (secondary N) is 1. The van der Waals surface area contributed by atoms with Crippen molar-refractivity contribution in [3.8, 4) is 5.75 Å². The summed E-state index contributed by atoms with van der Waals surface area (Å²) >= 11 is 0. The molecule has 1 aromatic carbocycles. The van der Waals surface area contributed by atoms with Crippen molar-refractivity contribution in [2.75, 3.05) is 26.2 Å².